The number of nitro benzene ring substituents is 1. The summed E-state index contributed by atoms with van der Waals surface area (Å²) in [5.74, 6) is -0.978. The summed E-state index contributed by atoms with van der Waals surface area (Å²) in [6.45, 7) is 2.41. The summed E-state index contributed by atoms with van der Waals surface area (Å²) >= 11 is 5.79. The maximum absolute atomic E-state index is 12.3. The molecular weight excluding hydrogens is 426 g/mol. The summed E-state index contributed by atoms with van der Waals surface area (Å²) in [7, 11) is 1.30. The molecule has 162 valence electrons. The Morgan fingerprint density at radius 1 is 1.23 bits per heavy atom. The number of hydrogen-bond acceptors (Lipinski definition) is 7. The molecule has 31 heavy (non-hydrogen) atoms. The van der Waals surface area contributed by atoms with Gasteiger partial charge in [-0.05, 0) is 35.9 Å². The zero-order chi connectivity index (χ0) is 22.4. The van der Waals surface area contributed by atoms with E-state index >= 15 is 0 Å². The SMILES string of the molecule is COC(=O)c1cc(NC(=O)C=Cc2ccc(Cl)c([N+](=O)[O-])c2)ccc1N1CCOCC1. The van der Waals surface area contributed by atoms with Crippen LogP contribution in [0, 0.1) is 10.1 Å². The highest BCUT2D eigenvalue weighted by molar-refractivity contribution is 6.32. The number of methoxy groups -OCH3 is 1. The summed E-state index contributed by atoms with van der Waals surface area (Å²) < 4.78 is 10.2. The minimum atomic E-state index is -0.593. The average molecular weight is 446 g/mol. The van der Waals surface area contributed by atoms with Crippen LogP contribution >= 0.6 is 11.6 Å². The minimum Gasteiger partial charge on any atom is -0.465 e. The van der Waals surface area contributed by atoms with Crippen LogP contribution in [0.3, 0.4) is 0 Å². The molecule has 0 aliphatic carbocycles. The van der Waals surface area contributed by atoms with Gasteiger partial charge in [0.05, 0.1) is 36.5 Å². The van der Waals surface area contributed by atoms with Crippen LogP contribution < -0.4 is 10.2 Å². The number of anilines is 2. The number of hydrogen-bond donors (Lipinski definition) is 1. The van der Waals surface area contributed by atoms with E-state index in [1.165, 1.54) is 31.4 Å². The van der Waals surface area contributed by atoms with Gasteiger partial charge in [0.2, 0.25) is 5.91 Å². The van der Waals surface area contributed by atoms with E-state index in [9.17, 15) is 19.7 Å². The first-order valence-corrected chi connectivity index (χ1v) is 9.75. The second-order valence-corrected chi connectivity index (χ2v) is 7.02. The lowest BCUT2D eigenvalue weighted by Crippen LogP contribution is -2.37. The van der Waals surface area contributed by atoms with Gasteiger partial charge in [-0.15, -0.1) is 0 Å². The van der Waals surface area contributed by atoms with Crippen LogP contribution in [-0.2, 0) is 14.3 Å². The molecule has 1 amide bonds. The Hall–Kier alpha value is -3.43. The van der Waals surface area contributed by atoms with Crippen LogP contribution in [0.4, 0.5) is 17.1 Å². The van der Waals surface area contributed by atoms with Crippen molar-refractivity contribution in [2.75, 3.05) is 43.6 Å². The van der Waals surface area contributed by atoms with Crippen molar-refractivity contribution in [2.24, 2.45) is 0 Å². The fraction of sp³-hybridized carbons (Fsp3) is 0.238. The molecule has 1 N–H and O–H groups in total. The largest absolute Gasteiger partial charge is 0.465 e. The summed E-state index contributed by atoms with van der Waals surface area (Å²) in [6.07, 6.45) is 2.67. The van der Waals surface area contributed by atoms with Gasteiger partial charge in [-0.3, -0.25) is 14.9 Å². The van der Waals surface area contributed by atoms with Gasteiger partial charge < -0.3 is 19.7 Å². The maximum Gasteiger partial charge on any atom is 0.340 e. The van der Waals surface area contributed by atoms with Crippen molar-refractivity contribution in [3.63, 3.8) is 0 Å². The number of carbonyl (C=O) groups excluding carboxylic acids is 2. The van der Waals surface area contributed by atoms with E-state index in [0.29, 0.717) is 48.8 Å². The summed E-state index contributed by atoms with van der Waals surface area (Å²) in [5, 5.41) is 13.7. The number of carbonyl (C=O) groups is 2. The van der Waals surface area contributed by atoms with Crippen LogP contribution in [0.15, 0.2) is 42.5 Å². The molecule has 10 heteroatoms. The standard InChI is InChI=1S/C21H20ClN3O6/c1-30-21(27)16-13-15(4-6-18(16)24-8-10-31-11-9-24)23-20(26)7-3-14-2-5-17(22)19(12-14)25(28)29/h2-7,12-13H,8-11H2,1H3,(H,23,26). The van der Waals surface area contributed by atoms with E-state index in [0.717, 1.165) is 0 Å². The Kier molecular flexibility index (Phi) is 7.22. The zero-order valence-electron chi connectivity index (χ0n) is 16.7. The molecule has 1 saturated heterocycles. The maximum atomic E-state index is 12.3. The highest BCUT2D eigenvalue weighted by Gasteiger charge is 2.20. The van der Waals surface area contributed by atoms with Crippen molar-refractivity contribution >= 4 is 46.6 Å². The Morgan fingerprint density at radius 2 is 1.97 bits per heavy atom. The molecule has 9 nitrogen and oxygen atoms in total. The van der Waals surface area contributed by atoms with Gasteiger partial charge in [-0.1, -0.05) is 17.7 Å². The number of amides is 1. The van der Waals surface area contributed by atoms with E-state index in [1.54, 1.807) is 24.3 Å². The van der Waals surface area contributed by atoms with Crippen LogP contribution in [-0.4, -0.2) is 50.2 Å². The number of benzene rings is 2. The van der Waals surface area contributed by atoms with Gasteiger partial charge in [0.25, 0.3) is 5.69 Å². The molecule has 0 aromatic heterocycles. The predicted molar refractivity (Wildman–Crippen MR) is 117 cm³/mol. The number of halogens is 1. The third kappa shape index (κ3) is 5.59. The van der Waals surface area contributed by atoms with Crippen molar-refractivity contribution in [1.29, 1.82) is 0 Å². The molecule has 1 heterocycles. The number of nitro groups is 1. The molecule has 0 atom stereocenters. The first kappa shape index (κ1) is 22.3. The first-order chi connectivity index (χ1) is 14.9. The van der Waals surface area contributed by atoms with Crippen LogP contribution in [0.5, 0.6) is 0 Å². The second kappa shape index (κ2) is 10.1. The topological polar surface area (TPSA) is 111 Å². The van der Waals surface area contributed by atoms with Gasteiger partial charge in [0.15, 0.2) is 0 Å². The first-order valence-electron chi connectivity index (χ1n) is 9.37. The van der Waals surface area contributed by atoms with Gasteiger partial charge >= 0.3 is 5.97 Å². The zero-order valence-corrected chi connectivity index (χ0v) is 17.4. The predicted octanol–water partition coefficient (Wildman–Crippen LogP) is 3.52. The van der Waals surface area contributed by atoms with E-state index in [-0.39, 0.29) is 10.7 Å². The van der Waals surface area contributed by atoms with Crippen molar-refractivity contribution < 1.29 is 24.0 Å². The van der Waals surface area contributed by atoms with E-state index in [2.05, 4.69) is 5.32 Å². The molecule has 2 aromatic rings. The minimum absolute atomic E-state index is 0.0160. The molecule has 0 saturated carbocycles. The smallest absolute Gasteiger partial charge is 0.340 e. The monoisotopic (exact) mass is 445 g/mol. The van der Waals surface area contributed by atoms with Gasteiger partial charge in [-0.25, -0.2) is 4.79 Å². The Labute approximate surface area is 183 Å². The lowest BCUT2D eigenvalue weighted by atomic mass is 10.1. The van der Waals surface area contributed by atoms with Crippen LogP contribution in [0.2, 0.25) is 5.02 Å². The average Bonchev–Trinajstić information content (AvgIpc) is 2.78. The lowest BCUT2D eigenvalue weighted by Gasteiger charge is -2.30. The highest BCUT2D eigenvalue weighted by atomic mass is 35.5. The number of rotatable bonds is 6. The summed E-state index contributed by atoms with van der Waals surface area (Å²) in [4.78, 5) is 37.0. The fourth-order valence-corrected chi connectivity index (χ4v) is 3.28. The molecule has 1 aliphatic heterocycles. The van der Waals surface area contributed by atoms with Gasteiger partial charge in [0, 0.05) is 30.9 Å². The molecule has 3 rings (SSSR count). The van der Waals surface area contributed by atoms with Crippen molar-refractivity contribution in [3.05, 3.63) is 68.7 Å². The number of esters is 1. The van der Waals surface area contributed by atoms with Gasteiger partial charge in [0.1, 0.15) is 5.02 Å². The Morgan fingerprint density at radius 3 is 2.65 bits per heavy atom. The van der Waals surface area contributed by atoms with E-state index in [1.807, 2.05) is 4.90 Å². The van der Waals surface area contributed by atoms with Crippen molar-refractivity contribution in [2.45, 2.75) is 0 Å². The molecule has 0 unspecified atom stereocenters. The van der Waals surface area contributed by atoms with Crippen molar-refractivity contribution in [3.8, 4) is 0 Å². The third-order valence-corrected chi connectivity index (χ3v) is 4.93. The Bertz CT molecular complexity index is 1030. The molecule has 0 bridgehead atoms. The van der Waals surface area contributed by atoms with E-state index in [4.69, 9.17) is 21.1 Å². The number of nitrogens with one attached hydrogen (secondary N) is 1. The summed E-state index contributed by atoms with van der Waals surface area (Å²) in [5.41, 5.74) is 1.65. The highest BCUT2D eigenvalue weighted by Crippen LogP contribution is 2.27. The van der Waals surface area contributed by atoms with Crippen molar-refractivity contribution in [1.82, 2.24) is 0 Å². The van der Waals surface area contributed by atoms with E-state index < -0.39 is 16.8 Å². The van der Waals surface area contributed by atoms with Crippen LogP contribution in [0.1, 0.15) is 15.9 Å². The Balaban J connectivity index is 1.76. The molecule has 1 fully saturated rings. The van der Waals surface area contributed by atoms with Gasteiger partial charge in [-0.2, -0.15) is 0 Å². The quantitative estimate of drug-likeness (QED) is 0.313. The molecular formula is C21H20ClN3O6. The summed E-state index contributed by atoms with van der Waals surface area (Å²) in [6, 6.07) is 9.22. The number of ether oxygens (including phenoxy) is 2. The fourth-order valence-electron chi connectivity index (χ4n) is 3.10. The normalized spacial score (nSPS) is 13.8. The molecule has 1 aliphatic rings. The third-order valence-electron chi connectivity index (χ3n) is 4.62. The number of nitrogens with zero attached hydrogens (tertiary/aromatic N) is 2. The lowest BCUT2D eigenvalue weighted by molar-refractivity contribution is -0.384. The van der Waals surface area contributed by atoms with Crippen LogP contribution in [0.25, 0.3) is 6.08 Å². The molecule has 0 radical (unpaired) electrons. The number of morpholine rings is 1. The second-order valence-electron chi connectivity index (χ2n) is 6.61. The molecule has 0 spiro atoms. The molecule has 2 aromatic carbocycles.